The number of nitrogens with zero attached hydrogens (tertiary/aromatic N) is 6. The maximum atomic E-state index is 5.52. The van der Waals surface area contributed by atoms with Crippen molar-refractivity contribution in [2.24, 2.45) is 4.99 Å². The lowest BCUT2D eigenvalue weighted by atomic mass is 10.2. The smallest absolute Gasteiger partial charge is 0.194 e. The Morgan fingerprint density at radius 2 is 1.86 bits per heavy atom. The molecule has 1 aromatic carbocycles. The summed E-state index contributed by atoms with van der Waals surface area (Å²) in [6, 6.07) is 14.1. The van der Waals surface area contributed by atoms with Gasteiger partial charge < -0.3 is 19.9 Å². The normalized spacial score (nSPS) is 15.0. The number of anilines is 1. The van der Waals surface area contributed by atoms with Crippen LogP contribution in [-0.4, -0.2) is 65.3 Å². The number of pyridine rings is 1. The van der Waals surface area contributed by atoms with Crippen LogP contribution in [0, 0.1) is 0 Å². The van der Waals surface area contributed by atoms with Crippen LogP contribution < -0.4 is 15.0 Å². The maximum Gasteiger partial charge on any atom is 0.194 e. The van der Waals surface area contributed by atoms with Crippen LogP contribution in [0.1, 0.15) is 12.7 Å². The van der Waals surface area contributed by atoms with Gasteiger partial charge in [0.25, 0.3) is 0 Å². The molecule has 0 bridgehead atoms. The number of benzene rings is 1. The molecule has 2 aromatic heterocycles. The van der Waals surface area contributed by atoms with E-state index in [1.54, 1.807) is 7.11 Å². The summed E-state index contributed by atoms with van der Waals surface area (Å²) >= 11 is 0. The Labute approximate surface area is 170 Å². The maximum absolute atomic E-state index is 5.52. The molecule has 0 unspecified atom stereocenters. The lowest BCUT2D eigenvalue weighted by Crippen LogP contribution is -2.52. The van der Waals surface area contributed by atoms with Gasteiger partial charge in [-0.25, -0.2) is 4.99 Å². The Bertz CT molecular complexity index is 976. The second-order valence-electron chi connectivity index (χ2n) is 6.86. The standard InChI is InChI=1S/C21H27N7O/c1-3-22-21(23-16-20-25-24-19-10-6-7-11-28(19)20)27-14-12-26(13-15-27)17-8-4-5-9-18(17)29-2/h4-11H,3,12-16H2,1-2H3,(H,22,23). The van der Waals surface area contributed by atoms with Crippen molar-refractivity contribution in [1.82, 2.24) is 24.8 Å². The van der Waals surface area contributed by atoms with Gasteiger partial charge in [0.05, 0.1) is 12.8 Å². The summed E-state index contributed by atoms with van der Waals surface area (Å²) in [5.74, 6) is 2.67. The summed E-state index contributed by atoms with van der Waals surface area (Å²) in [6.07, 6.45) is 1.97. The third-order valence-corrected chi connectivity index (χ3v) is 5.09. The Morgan fingerprint density at radius 3 is 2.66 bits per heavy atom. The van der Waals surface area contributed by atoms with Crippen molar-refractivity contribution in [2.75, 3.05) is 44.7 Å². The Morgan fingerprint density at radius 1 is 1.07 bits per heavy atom. The molecule has 1 saturated heterocycles. The molecule has 3 heterocycles. The average Bonchev–Trinajstić information content (AvgIpc) is 3.20. The van der Waals surface area contributed by atoms with Crippen molar-refractivity contribution in [3.8, 4) is 5.75 Å². The van der Waals surface area contributed by atoms with Crippen molar-refractivity contribution >= 4 is 17.3 Å². The van der Waals surface area contributed by atoms with E-state index < -0.39 is 0 Å². The molecule has 0 aliphatic carbocycles. The van der Waals surface area contributed by atoms with E-state index >= 15 is 0 Å². The Hall–Kier alpha value is -3.29. The molecule has 8 nitrogen and oxygen atoms in total. The summed E-state index contributed by atoms with van der Waals surface area (Å²) in [7, 11) is 1.72. The Balaban J connectivity index is 1.45. The number of aromatic nitrogens is 3. The zero-order valence-electron chi connectivity index (χ0n) is 17.0. The number of guanidine groups is 1. The van der Waals surface area contributed by atoms with Gasteiger partial charge >= 0.3 is 0 Å². The monoisotopic (exact) mass is 393 g/mol. The van der Waals surface area contributed by atoms with Crippen molar-refractivity contribution in [2.45, 2.75) is 13.5 Å². The van der Waals surface area contributed by atoms with Crippen LogP contribution in [0.15, 0.2) is 53.7 Å². The molecular weight excluding hydrogens is 366 g/mol. The molecule has 1 aliphatic rings. The van der Waals surface area contributed by atoms with Gasteiger partial charge in [-0.05, 0) is 31.2 Å². The minimum absolute atomic E-state index is 0.486. The average molecular weight is 393 g/mol. The Kier molecular flexibility index (Phi) is 5.79. The molecule has 1 aliphatic heterocycles. The van der Waals surface area contributed by atoms with Crippen LogP contribution in [-0.2, 0) is 6.54 Å². The number of hydrogen-bond acceptors (Lipinski definition) is 5. The molecule has 1 fully saturated rings. The van der Waals surface area contributed by atoms with Gasteiger partial charge in [0.15, 0.2) is 17.4 Å². The van der Waals surface area contributed by atoms with Gasteiger partial charge in [-0.3, -0.25) is 4.40 Å². The van der Waals surface area contributed by atoms with E-state index in [9.17, 15) is 0 Å². The molecule has 0 amide bonds. The van der Waals surface area contributed by atoms with Gasteiger partial charge in [-0.1, -0.05) is 18.2 Å². The number of fused-ring (bicyclic) bond motifs is 1. The highest BCUT2D eigenvalue weighted by Crippen LogP contribution is 2.28. The number of para-hydroxylation sites is 2. The van der Waals surface area contributed by atoms with Crippen LogP contribution in [0.25, 0.3) is 5.65 Å². The van der Waals surface area contributed by atoms with Crippen LogP contribution in [0.5, 0.6) is 5.75 Å². The number of nitrogens with one attached hydrogen (secondary N) is 1. The van der Waals surface area contributed by atoms with Gasteiger partial charge in [0.2, 0.25) is 0 Å². The SMILES string of the molecule is CCNC(=NCc1nnc2ccccn12)N1CCN(c2ccccc2OC)CC1. The first-order chi connectivity index (χ1) is 14.3. The fourth-order valence-electron chi connectivity index (χ4n) is 3.62. The van der Waals surface area contributed by atoms with Gasteiger partial charge in [0.1, 0.15) is 12.3 Å². The molecule has 0 spiro atoms. The lowest BCUT2D eigenvalue weighted by Gasteiger charge is -2.38. The van der Waals surface area contributed by atoms with Gasteiger partial charge in [-0.15, -0.1) is 10.2 Å². The lowest BCUT2D eigenvalue weighted by molar-refractivity contribution is 0.367. The molecule has 29 heavy (non-hydrogen) atoms. The predicted octanol–water partition coefficient (Wildman–Crippen LogP) is 2.03. The second-order valence-corrected chi connectivity index (χ2v) is 6.86. The number of piperazine rings is 1. The van der Waals surface area contributed by atoms with Crippen LogP contribution >= 0.6 is 0 Å². The zero-order valence-corrected chi connectivity index (χ0v) is 17.0. The zero-order chi connectivity index (χ0) is 20.1. The van der Waals surface area contributed by atoms with Crippen molar-refractivity contribution in [3.63, 3.8) is 0 Å². The van der Waals surface area contributed by atoms with Crippen molar-refractivity contribution in [3.05, 3.63) is 54.5 Å². The first kappa shape index (κ1) is 19.0. The van der Waals surface area contributed by atoms with Crippen LogP contribution in [0.3, 0.4) is 0 Å². The molecule has 0 radical (unpaired) electrons. The van der Waals surface area contributed by atoms with E-state index in [-0.39, 0.29) is 0 Å². The molecule has 4 rings (SSSR count). The minimum Gasteiger partial charge on any atom is -0.495 e. The first-order valence-electron chi connectivity index (χ1n) is 10.00. The highest BCUT2D eigenvalue weighted by molar-refractivity contribution is 5.80. The fourth-order valence-corrected chi connectivity index (χ4v) is 3.62. The van der Waals surface area contributed by atoms with Crippen molar-refractivity contribution in [1.29, 1.82) is 0 Å². The molecule has 8 heteroatoms. The van der Waals surface area contributed by atoms with E-state index in [0.717, 1.165) is 61.6 Å². The van der Waals surface area contributed by atoms with Gasteiger partial charge in [0, 0.05) is 38.9 Å². The summed E-state index contributed by atoms with van der Waals surface area (Å²) in [4.78, 5) is 9.50. The first-order valence-corrected chi connectivity index (χ1v) is 10.00. The van der Waals surface area contributed by atoms with Crippen LogP contribution in [0.2, 0.25) is 0 Å². The molecule has 0 atom stereocenters. The molecule has 0 saturated carbocycles. The van der Waals surface area contributed by atoms with Crippen LogP contribution in [0.4, 0.5) is 5.69 Å². The molecule has 152 valence electrons. The van der Waals surface area contributed by atoms with E-state index in [2.05, 4.69) is 44.4 Å². The molecular formula is C21H27N7O. The number of aliphatic imine (C=N–C) groups is 1. The predicted molar refractivity (Wildman–Crippen MR) is 115 cm³/mol. The van der Waals surface area contributed by atoms with Crippen molar-refractivity contribution < 1.29 is 4.74 Å². The number of hydrogen-bond donors (Lipinski definition) is 1. The summed E-state index contributed by atoms with van der Waals surface area (Å²) in [5, 5.41) is 11.9. The molecule has 1 N–H and O–H groups in total. The number of rotatable bonds is 5. The van der Waals surface area contributed by atoms with Gasteiger partial charge in [-0.2, -0.15) is 0 Å². The summed E-state index contributed by atoms with van der Waals surface area (Å²) in [5.41, 5.74) is 1.99. The largest absolute Gasteiger partial charge is 0.495 e. The number of ether oxygens (including phenoxy) is 1. The topological polar surface area (TPSA) is 70.3 Å². The second kappa shape index (κ2) is 8.81. The van der Waals surface area contributed by atoms with E-state index in [1.807, 2.05) is 40.9 Å². The summed E-state index contributed by atoms with van der Waals surface area (Å²) in [6.45, 7) is 7.02. The highest BCUT2D eigenvalue weighted by atomic mass is 16.5. The minimum atomic E-state index is 0.486. The third-order valence-electron chi connectivity index (χ3n) is 5.09. The van der Waals surface area contributed by atoms with E-state index in [0.29, 0.717) is 6.54 Å². The fraction of sp³-hybridized carbons (Fsp3) is 0.381. The quantitative estimate of drug-likeness (QED) is 0.528. The third kappa shape index (κ3) is 4.11. The highest BCUT2D eigenvalue weighted by Gasteiger charge is 2.21. The molecule has 3 aromatic rings. The summed E-state index contributed by atoms with van der Waals surface area (Å²) < 4.78 is 7.50. The number of methoxy groups -OCH3 is 1. The van der Waals surface area contributed by atoms with E-state index in [4.69, 9.17) is 9.73 Å². The van der Waals surface area contributed by atoms with E-state index in [1.165, 1.54) is 0 Å².